The van der Waals surface area contributed by atoms with Gasteiger partial charge in [-0.25, -0.2) is 8.78 Å². The van der Waals surface area contributed by atoms with Crippen LogP contribution in [-0.4, -0.2) is 30.1 Å². The lowest BCUT2D eigenvalue weighted by atomic mass is 10.0. The SMILES string of the molecule is O=C1NCCCC1NCC(O)c1ccc(F)cc1F. The highest BCUT2D eigenvalue weighted by Crippen LogP contribution is 2.17. The quantitative estimate of drug-likeness (QED) is 0.760. The number of amides is 1. The molecule has 0 bridgehead atoms. The van der Waals surface area contributed by atoms with E-state index in [1.165, 1.54) is 6.07 Å². The second kappa shape index (κ2) is 6.08. The zero-order valence-corrected chi connectivity index (χ0v) is 10.3. The van der Waals surface area contributed by atoms with Gasteiger partial charge >= 0.3 is 0 Å². The van der Waals surface area contributed by atoms with Gasteiger partial charge in [-0.1, -0.05) is 6.07 Å². The highest BCUT2D eigenvalue weighted by molar-refractivity contribution is 5.82. The van der Waals surface area contributed by atoms with E-state index in [1.54, 1.807) is 0 Å². The number of rotatable bonds is 4. The molecule has 19 heavy (non-hydrogen) atoms. The Hall–Kier alpha value is -1.53. The van der Waals surface area contributed by atoms with Gasteiger partial charge in [0.05, 0.1) is 12.1 Å². The van der Waals surface area contributed by atoms with Crippen LogP contribution in [0.4, 0.5) is 8.78 Å². The molecule has 104 valence electrons. The average Bonchev–Trinajstić information content (AvgIpc) is 2.37. The Morgan fingerprint density at radius 1 is 1.47 bits per heavy atom. The first-order chi connectivity index (χ1) is 9.08. The van der Waals surface area contributed by atoms with E-state index in [0.717, 1.165) is 18.6 Å². The lowest BCUT2D eigenvalue weighted by Gasteiger charge is -2.24. The van der Waals surface area contributed by atoms with Crippen molar-refractivity contribution in [2.24, 2.45) is 0 Å². The normalized spacial score (nSPS) is 21.0. The molecule has 0 saturated carbocycles. The topological polar surface area (TPSA) is 61.4 Å². The van der Waals surface area contributed by atoms with Crippen LogP contribution in [0.25, 0.3) is 0 Å². The number of aliphatic hydroxyl groups is 1. The van der Waals surface area contributed by atoms with Gasteiger partial charge in [0.25, 0.3) is 0 Å². The Kier molecular flexibility index (Phi) is 4.44. The molecule has 1 saturated heterocycles. The van der Waals surface area contributed by atoms with Gasteiger partial charge in [-0.3, -0.25) is 4.79 Å². The third kappa shape index (κ3) is 3.48. The van der Waals surface area contributed by atoms with Crippen LogP contribution in [0, 0.1) is 11.6 Å². The molecule has 2 atom stereocenters. The summed E-state index contributed by atoms with van der Waals surface area (Å²) in [5.74, 6) is -1.59. The van der Waals surface area contributed by atoms with Crippen molar-refractivity contribution in [1.82, 2.24) is 10.6 Å². The molecule has 1 amide bonds. The van der Waals surface area contributed by atoms with Crippen LogP contribution in [0.15, 0.2) is 18.2 Å². The maximum absolute atomic E-state index is 13.4. The van der Waals surface area contributed by atoms with Crippen LogP contribution in [0.1, 0.15) is 24.5 Å². The Balaban J connectivity index is 1.93. The van der Waals surface area contributed by atoms with E-state index < -0.39 is 17.7 Å². The monoisotopic (exact) mass is 270 g/mol. The van der Waals surface area contributed by atoms with Crippen LogP contribution in [-0.2, 0) is 4.79 Å². The summed E-state index contributed by atoms with van der Waals surface area (Å²) < 4.78 is 26.2. The highest BCUT2D eigenvalue weighted by atomic mass is 19.1. The third-order valence-electron chi connectivity index (χ3n) is 3.16. The lowest BCUT2D eigenvalue weighted by Crippen LogP contribution is -2.49. The Labute approximate surface area is 109 Å². The molecule has 1 fully saturated rings. The summed E-state index contributed by atoms with van der Waals surface area (Å²) in [7, 11) is 0. The predicted octanol–water partition coefficient (Wildman–Crippen LogP) is 0.866. The first kappa shape index (κ1) is 13.9. The number of hydrogen-bond donors (Lipinski definition) is 3. The van der Waals surface area contributed by atoms with E-state index >= 15 is 0 Å². The molecule has 2 unspecified atom stereocenters. The number of piperidine rings is 1. The molecule has 1 aliphatic heterocycles. The van der Waals surface area contributed by atoms with Crippen molar-refractivity contribution in [2.75, 3.05) is 13.1 Å². The first-order valence-corrected chi connectivity index (χ1v) is 6.22. The van der Waals surface area contributed by atoms with Gasteiger partial charge in [0.2, 0.25) is 5.91 Å². The van der Waals surface area contributed by atoms with Crippen LogP contribution in [0.2, 0.25) is 0 Å². The zero-order chi connectivity index (χ0) is 13.8. The van der Waals surface area contributed by atoms with Gasteiger partial charge < -0.3 is 15.7 Å². The summed E-state index contributed by atoms with van der Waals surface area (Å²) in [4.78, 5) is 11.5. The van der Waals surface area contributed by atoms with Crippen molar-refractivity contribution in [3.8, 4) is 0 Å². The van der Waals surface area contributed by atoms with Crippen LogP contribution in [0.3, 0.4) is 0 Å². The number of carbonyl (C=O) groups excluding carboxylic acids is 1. The van der Waals surface area contributed by atoms with E-state index in [1.807, 2.05) is 0 Å². The molecule has 0 aliphatic carbocycles. The van der Waals surface area contributed by atoms with Crippen molar-refractivity contribution in [3.05, 3.63) is 35.4 Å². The van der Waals surface area contributed by atoms with Crippen molar-refractivity contribution in [2.45, 2.75) is 25.0 Å². The molecule has 6 heteroatoms. The second-order valence-corrected chi connectivity index (χ2v) is 4.58. The molecule has 0 spiro atoms. The third-order valence-corrected chi connectivity index (χ3v) is 3.16. The van der Waals surface area contributed by atoms with Gasteiger partial charge in [0.15, 0.2) is 0 Å². The summed E-state index contributed by atoms with van der Waals surface area (Å²) in [5.41, 5.74) is 0.0186. The lowest BCUT2D eigenvalue weighted by molar-refractivity contribution is -0.124. The largest absolute Gasteiger partial charge is 0.387 e. The summed E-state index contributed by atoms with van der Waals surface area (Å²) in [6.45, 7) is 0.701. The van der Waals surface area contributed by atoms with Gasteiger partial charge in [-0.15, -0.1) is 0 Å². The van der Waals surface area contributed by atoms with Crippen molar-refractivity contribution < 1.29 is 18.7 Å². The highest BCUT2D eigenvalue weighted by Gasteiger charge is 2.23. The maximum Gasteiger partial charge on any atom is 0.237 e. The fourth-order valence-corrected chi connectivity index (χ4v) is 2.10. The Morgan fingerprint density at radius 2 is 2.26 bits per heavy atom. The standard InChI is InChI=1S/C13H16F2N2O2/c14-8-3-4-9(10(15)6-8)12(18)7-17-11-2-1-5-16-13(11)19/h3-4,6,11-12,17-18H,1-2,5,7H2,(H,16,19). The number of halogens is 2. The predicted molar refractivity (Wildman–Crippen MR) is 65.4 cm³/mol. The first-order valence-electron chi connectivity index (χ1n) is 6.22. The minimum Gasteiger partial charge on any atom is -0.387 e. The van der Waals surface area contributed by atoms with Gasteiger partial charge in [-0.05, 0) is 18.9 Å². The summed E-state index contributed by atoms with van der Waals surface area (Å²) in [5, 5.41) is 15.4. The molecule has 1 aromatic rings. The smallest absolute Gasteiger partial charge is 0.237 e. The molecule has 0 aromatic heterocycles. The number of benzene rings is 1. The van der Waals surface area contributed by atoms with Crippen molar-refractivity contribution in [1.29, 1.82) is 0 Å². The van der Waals surface area contributed by atoms with E-state index in [0.29, 0.717) is 13.0 Å². The molecule has 1 heterocycles. The van der Waals surface area contributed by atoms with Gasteiger partial charge in [0, 0.05) is 24.7 Å². The number of nitrogens with one attached hydrogen (secondary N) is 2. The van der Waals surface area contributed by atoms with E-state index in [-0.39, 0.29) is 24.1 Å². The van der Waals surface area contributed by atoms with E-state index in [4.69, 9.17) is 0 Å². The summed E-state index contributed by atoms with van der Waals surface area (Å²) in [6.07, 6.45) is 0.435. The Morgan fingerprint density at radius 3 is 2.95 bits per heavy atom. The van der Waals surface area contributed by atoms with Gasteiger partial charge in [0.1, 0.15) is 11.6 Å². The molecule has 4 nitrogen and oxygen atoms in total. The summed E-state index contributed by atoms with van der Waals surface area (Å²) in [6, 6.07) is 2.66. The van der Waals surface area contributed by atoms with Crippen molar-refractivity contribution >= 4 is 5.91 Å². The fraction of sp³-hybridized carbons (Fsp3) is 0.462. The summed E-state index contributed by atoms with van der Waals surface area (Å²) >= 11 is 0. The average molecular weight is 270 g/mol. The molecule has 2 rings (SSSR count). The van der Waals surface area contributed by atoms with Crippen LogP contribution in [0.5, 0.6) is 0 Å². The Bertz CT molecular complexity index is 468. The van der Waals surface area contributed by atoms with E-state index in [9.17, 15) is 18.7 Å². The molecular weight excluding hydrogens is 254 g/mol. The maximum atomic E-state index is 13.4. The molecule has 0 radical (unpaired) electrons. The van der Waals surface area contributed by atoms with Crippen LogP contribution >= 0.6 is 0 Å². The molecule has 1 aromatic carbocycles. The van der Waals surface area contributed by atoms with Gasteiger partial charge in [-0.2, -0.15) is 0 Å². The zero-order valence-electron chi connectivity index (χ0n) is 10.3. The van der Waals surface area contributed by atoms with Crippen LogP contribution < -0.4 is 10.6 Å². The minimum absolute atomic E-state index is 0.0186. The van der Waals surface area contributed by atoms with E-state index in [2.05, 4.69) is 10.6 Å². The number of hydrogen-bond acceptors (Lipinski definition) is 3. The second-order valence-electron chi connectivity index (χ2n) is 4.58. The fourth-order valence-electron chi connectivity index (χ4n) is 2.10. The molecule has 1 aliphatic rings. The molecule has 3 N–H and O–H groups in total. The van der Waals surface area contributed by atoms with Crippen molar-refractivity contribution in [3.63, 3.8) is 0 Å². The molecular formula is C13H16F2N2O2. The number of carbonyl (C=O) groups is 1. The number of aliphatic hydroxyl groups excluding tert-OH is 1. The minimum atomic E-state index is -1.12.